The monoisotopic (exact) mass is 437 g/mol. The molecule has 0 amide bonds. The zero-order valence-electron chi connectivity index (χ0n) is 20.3. The third kappa shape index (κ3) is 4.78. The van der Waals surface area contributed by atoms with Crippen molar-refractivity contribution in [2.45, 2.75) is 89.9 Å². The summed E-state index contributed by atoms with van der Waals surface area (Å²) in [6.07, 6.45) is 12.4. The van der Waals surface area contributed by atoms with Crippen molar-refractivity contribution in [2.24, 2.45) is 11.8 Å². The highest BCUT2D eigenvalue weighted by Crippen LogP contribution is 2.36. The van der Waals surface area contributed by atoms with Crippen molar-refractivity contribution in [3.8, 4) is 0 Å². The van der Waals surface area contributed by atoms with Gasteiger partial charge in [-0.25, -0.2) is 0 Å². The van der Waals surface area contributed by atoms with Crippen molar-refractivity contribution in [3.63, 3.8) is 0 Å². The van der Waals surface area contributed by atoms with Gasteiger partial charge in [0.1, 0.15) is 0 Å². The van der Waals surface area contributed by atoms with Crippen molar-refractivity contribution in [3.05, 3.63) is 36.0 Å². The number of likely N-dealkylation sites (tertiary alicyclic amines) is 2. The third-order valence-corrected chi connectivity index (χ3v) is 8.87. The first kappa shape index (κ1) is 22.4. The molecule has 3 heterocycles. The molecule has 1 aromatic carbocycles. The number of aliphatic hydroxyl groups is 1. The maximum Gasteiger partial charge on any atom is 0.0564 e. The molecule has 3 aliphatic rings. The van der Waals surface area contributed by atoms with E-state index in [0.29, 0.717) is 6.04 Å². The van der Waals surface area contributed by atoms with E-state index >= 15 is 0 Å². The molecule has 5 rings (SSSR count). The SMILES string of the molecule is CC(C)[C@H]1CC[C@@H](N2CCC(n3cc(CN4CCC(O)CC4)c4ccccc43)CC2)CC1. The highest BCUT2D eigenvalue weighted by atomic mass is 16.3. The van der Waals surface area contributed by atoms with Gasteiger partial charge in [0.25, 0.3) is 0 Å². The van der Waals surface area contributed by atoms with Crippen molar-refractivity contribution in [1.29, 1.82) is 0 Å². The van der Waals surface area contributed by atoms with Gasteiger partial charge in [0.15, 0.2) is 0 Å². The molecule has 2 saturated heterocycles. The number of benzene rings is 1. The second kappa shape index (κ2) is 9.87. The van der Waals surface area contributed by atoms with Crippen LogP contribution >= 0.6 is 0 Å². The molecule has 0 atom stereocenters. The van der Waals surface area contributed by atoms with Crippen LogP contribution in [0.3, 0.4) is 0 Å². The van der Waals surface area contributed by atoms with E-state index in [2.05, 4.69) is 58.7 Å². The summed E-state index contributed by atoms with van der Waals surface area (Å²) in [5.41, 5.74) is 2.88. The first-order chi connectivity index (χ1) is 15.6. The summed E-state index contributed by atoms with van der Waals surface area (Å²) in [6, 6.07) is 10.5. The minimum Gasteiger partial charge on any atom is -0.393 e. The molecule has 0 radical (unpaired) electrons. The van der Waals surface area contributed by atoms with Crippen molar-refractivity contribution < 1.29 is 5.11 Å². The number of fused-ring (bicyclic) bond motifs is 1. The lowest BCUT2D eigenvalue weighted by atomic mass is 9.79. The molecular formula is C28H43N3O. The molecule has 0 bridgehead atoms. The topological polar surface area (TPSA) is 31.6 Å². The maximum absolute atomic E-state index is 9.86. The molecule has 0 spiro atoms. The van der Waals surface area contributed by atoms with E-state index in [4.69, 9.17) is 0 Å². The third-order valence-electron chi connectivity index (χ3n) is 8.87. The van der Waals surface area contributed by atoms with Crippen molar-refractivity contribution in [1.82, 2.24) is 14.4 Å². The molecule has 0 unspecified atom stereocenters. The average molecular weight is 438 g/mol. The van der Waals surface area contributed by atoms with Gasteiger partial charge < -0.3 is 14.6 Å². The Kier molecular flexibility index (Phi) is 6.92. The Labute approximate surface area is 194 Å². The fourth-order valence-electron chi connectivity index (χ4n) is 6.69. The van der Waals surface area contributed by atoms with Gasteiger partial charge in [0, 0.05) is 61.9 Å². The largest absolute Gasteiger partial charge is 0.393 e. The number of rotatable bonds is 5. The summed E-state index contributed by atoms with van der Waals surface area (Å²) in [6.45, 7) is 10.4. The molecule has 2 aromatic rings. The van der Waals surface area contributed by atoms with Crippen LogP contribution in [0.1, 0.15) is 76.8 Å². The van der Waals surface area contributed by atoms with E-state index in [-0.39, 0.29) is 6.10 Å². The summed E-state index contributed by atoms with van der Waals surface area (Å²) in [4.78, 5) is 5.34. The second-order valence-corrected chi connectivity index (χ2v) is 11.2. The molecule has 4 nitrogen and oxygen atoms in total. The fraction of sp³-hybridized carbons (Fsp3) is 0.714. The Hall–Kier alpha value is -1.36. The number of hydrogen-bond donors (Lipinski definition) is 1. The Bertz CT molecular complexity index is 866. The number of aromatic nitrogens is 1. The van der Waals surface area contributed by atoms with Gasteiger partial charge in [-0.2, -0.15) is 0 Å². The minimum atomic E-state index is -0.0989. The first-order valence-electron chi connectivity index (χ1n) is 13.3. The highest BCUT2D eigenvalue weighted by Gasteiger charge is 2.31. The summed E-state index contributed by atoms with van der Waals surface area (Å²) in [7, 11) is 0. The molecule has 1 saturated carbocycles. The van der Waals surface area contributed by atoms with Gasteiger partial charge in [-0.05, 0) is 74.8 Å². The minimum absolute atomic E-state index is 0.0989. The Morgan fingerprint density at radius 1 is 0.844 bits per heavy atom. The summed E-state index contributed by atoms with van der Waals surface area (Å²) < 4.78 is 2.61. The van der Waals surface area contributed by atoms with E-state index < -0.39 is 0 Å². The Morgan fingerprint density at radius 2 is 1.53 bits per heavy atom. The predicted octanol–water partition coefficient (Wildman–Crippen LogP) is 5.45. The van der Waals surface area contributed by atoms with Gasteiger partial charge in [-0.15, -0.1) is 0 Å². The van der Waals surface area contributed by atoms with Crippen LogP contribution < -0.4 is 0 Å². The summed E-state index contributed by atoms with van der Waals surface area (Å²) >= 11 is 0. The molecular weight excluding hydrogens is 394 g/mol. The average Bonchev–Trinajstić information content (AvgIpc) is 3.19. The van der Waals surface area contributed by atoms with Crippen molar-refractivity contribution in [2.75, 3.05) is 26.2 Å². The maximum atomic E-state index is 9.86. The van der Waals surface area contributed by atoms with E-state index in [9.17, 15) is 5.11 Å². The molecule has 1 aromatic heterocycles. The lowest BCUT2D eigenvalue weighted by Crippen LogP contribution is -2.43. The molecule has 4 heteroatoms. The standard InChI is InChI=1S/C28H43N3O/c1-21(2)22-7-9-24(10-8-22)30-17-11-25(12-18-30)31-20-23(27-5-3-4-6-28(27)31)19-29-15-13-26(32)14-16-29/h3-6,20-22,24-26,32H,7-19H2,1-2H3/t22-,24+. The number of aliphatic hydroxyl groups excluding tert-OH is 1. The lowest BCUT2D eigenvalue weighted by Gasteiger charge is -2.42. The molecule has 1 aliphatic carbocycles. The van der Waals surface area contributed by atoms with Crippen LogP contribution in [-0.2, 0) is 6.54 Å². The quantitative estimate of drug-likeness (QED) is 0.675. The van der Waals surface area contributed by atoms with Gasteiger partial charge >= 0.3 is 0 Å². The van der Waals surface area contributed by atoms with Crippen LogP contribution in [0.15, 0.2) is 30.5 Å². The van der Waals surface area contributed by atoms with Gasteiger partial charge in [0.05, 0.1) is 6.10 Å². The smallest absolute Gasteiger partial charge is 0.0564 e. The van der Waals surface area contributed by atoms with E-state index in [1.807, 2.05) is 0 Å². The highest BCUT2D eigenvalue weighted by molar-refractivity contribution is 5.84. The van der Waals surface area contributed by atoms with E-state index in [1.165, 1.54) is 68.1 Å². The summed E-state index contributed by atoms with van der Waals surface area (Å²) in [5.74, 6) is 1.81. The van der Waals surface area contributed by atoms with Gasteiger partial charge in [-0.1, -0.05) is 32.0 Å². The molecule has 3 fully saturated rings. The number of para-hydroxylation sites is 1. The number of nitrogens with zero attached hydrogens (tertiary/aromatic N) is 3. The van der Waals surface area contributed by atoms with Crippen LogP contribution in [0.4, 0.5) is 0 Å². The van der Waals surface area contributed by atoms with Gasteiger partial charge in [0.2, 0.25) is 0 Å². The zero-order valence-corrected chi connectivity index (χ0v) is 20.3. The van der Waals surface area contributed by atoms with Crippen LogP contribution in [0.25, 0.3) is 10.9 Å². The van der Waals surface area contributed by atoms with Crippen LogP contribution in [-0.4, -0.2) is 57.8 Å². The lowest BCUT2D eigenvalue weighted by molar-refractivity contribution is 0.0792. The van der Waals surface area contributed by atoms with Crippen LogP contribution in [0.2, 0.25) is 0 Å². The van der Waals surface area contributed by atoms with Crippen LogP contribution in [0.5, 0.6) is 0 Å². The Morgan fingerprint density at radius 3 is 2.22 bits per heavy atom. The van der Waals surface area contributed by atoms with Gasteiger partial charge in [-0.3, -0.25) is 4.90 Å². The molecule has 2 aliphatic heterocycles. The van der Waals surface area contributed by atoms with Crippen molar-refractivity contribution >= 4 is 10.9 Å². The normalized spacial score (nSPS) is 27.5. The van der Waals surface area contributed by atoms with E-state index in [0.717, 1.165) is 50.4 Å². The van der Waals surface area contributed by atoms with Crippen LogP contribution in [0, 0.1) is 11.8 Å². The number of piperidine rings is 2. The summed E-state index contributed by atoms with van der Waals surface area (Å²) in [5, 5.41) is 11.3. The zero-order chi connectivity index (χ0) is 22.1. The number of hydrogen-bond acceptors (Lipinski definition) is 3. The van der Waals surface area contributed by atoms with E-state index in [1.54, 1.807) is 0 Å². The molecule has 32 heavy (non-hydrogen) atoms. The molecule has 1 N–H and O–H groups in total. The molecule has 176 valence electrons. The fourth-order valence-corrected chi connectivity index (χ4v) is 6.69. The Balaban J connectivity index is 1.24. The predicted molar refractivity (Wildman–Crippen MR) is 133 cm³/mol. The first-order valence-corrected chi connectivity index (χ1v) is 13.3. The second-order valence-electron chi connectivity index (χ2n) is 11.2.